The molecule has 1 fully saturated rings. The van der Waals surface area contributed by atoms with Crippen LogP contribution in [0.1, 0.15) is 31.2 Å². The number of benzene rings is 1. The third-order valence-corrected chi connectivity index (χ3v) is 4.57. The topological polar surface area (TPSA) is 51.0 Å². The molecular weight excluding hydrogens is 318 g/mol. The van der Waals surface area contributed by atoms with Crippen molar-refractivity contribution < 1.29 is 4.52 Å². The Hall–Kier alpha value is -1.20. The standard InChI is InChI=1S/C15H18BrN3O/c1-10-9-11(16)3-4-12(10)13-18-14(20-19-13)15(2)5-7-17-8-6-15/h3-4,9,17H,5-8H2,1-2H3. The van der Waals surface area contributed by atoms with E-state index in [2.05, 4.69) is 51.3 Å². The summed E-state index contributed by atoms with van der Waals surface area (Å²) in [6.45, 7) is 6.28. The first-order valence-electron chi connectivity index (χ1n) is 6.90. The van der Waals surface area contributed by atoms with E-state index in [4.69, 9.17) is 4.52 Å². The fourth-order valence-corrected chi connectivity index (χ4v) is 3.12. The van der Waals surface area contributed by atoms with Crippen LogP contribution >= 0.6 is 15.9 Å². The first-order chi connectivity index (χ1) is 9.58. The highest BCUT2D eigenvalue weighted by Gasteiger charge is 2.34. The molecule has 2 heterocycles. The number of hydrogen-bond acceptors (Lipinski definition) is 4. The normalized spacial score (nSPS) is 18.1. The quantitative estimate of drug-likeness (QED) is 0.913. The summed E-state index contributed by atoms with van der Waals surface area (Å²) in [5.74, 6) is 1.45. The minimum atomic E-state index is -0.000230. The van der Waals surface area contributed by atoms with Crippen LogP contribution in [0.5, 0.6) is 0 Å². The second kappa shape index (κ2) is 5.30. The number of rotatable bonds is 2. The Balaban J connectivity index is 1.93. The van der Waals surface area contributed by atoms with Gasteiger partial charge in [-0.3, -0.25) is 0 Å². The molecule has 1 aliphatic heterocycles. The van der Waals surface area contributed by atoms with E-state index in [1.54, 1.807) is 0 Å². The average molecular weight is 336 g/mol. The fraction of sp³-hybridized carbons (Fsp3) is 0.467. The molecule has 1 saturated heterocycles. The fourth-order valence-electron chi connectivity index (χ4n) is 2.65. The molecule has 0 atom stereocenters. The van der Waals surface area contributed by atoms with Gasteiger partial charge in [-0.15, -0.1) is 0 Å². The van der Waals surface area contributed by atoms with Crippen molar-refractivity contribution in [1.82, 2.24) is 15.5 Å². The molecule has 106 valence electrons. The highest BCUT2D eigenvalue weighted by atomic mass is 79.9. The molecule has 1 aromatic heterocycles. The molecule has 1 aliphatic rings. The zero-order valence-electron chi connectivity index (χ0n) is 11.7. The molecule has 0 saturated carbocycles. The number of nitrogens with zero attached hydrogens (tertiary/aromatic N) is 2. The molecule has 0 radical (unpaired) electrons. The predicted octanol–water partition coefficient (Wildman–Crippen LogP) is 3.45. The monoisotopic (exact) mass is 335 g/mol. The summed E-state index contributed by atoms with van der Waals surface area (Å²) in [6, 6.07) is 6.10. The van der Waals surface area contributed by atoms with E-state index in [1.165, 1.54) is 0 Å². The molecule has 0 spiro atoms. The highest BCUT2D eigenvalue weighted by Crippen LogP contribution is 2.33. The highest BCUT2D eigenvalue weighted by molar-refractivity contribution is 9.10. The molecule has 1 aromatic carbocycles. The van der Waals surface area contributed by atoms with Gasteiger partial charge in [-0.1, -0.05) is 28.0 Å². The van der Waals surface area contributed by atoms with Gasteiger partial charge in [0, 0.05) is 15.5 Å². The molecule has 0 amide bonds. The van der Waals surface area contributed by atoms with Gasteiger partial charge in [0.2, 0.25) is 11.7 Å². The first-order valence-corrected chi connectivity index (χ1v) is 7.69. The second-order valence-corrected chi connectivity index (χ2v) is 6.61. The van der Waals surface area contributed by atoms with E-state index in [0.717, 1.165) is 47.4 Å². The van der Waals surface area contributed by atoms with E-state index in [9.17, 15) is 0 Å². The summed E-state index contributed by atoms with van der Waals surface area (Å²) in [5.41, 5.74) is 2.17. The van der Waals surface area contributed by atoms with Crippen LogP contribution in [0.3, 0.4) is 0 Å². The van der Waals surface area contributed by atoms with Crippen LogP contribution in [0.2, 0.25) is 0 Å². The van der Waals surface area contributed by atoms with Crippen molar-refractivity contribution in [2.24, 2.45) is 0 Å². The van der Waals surface area contributed by atoms with Crippen LogP contribution < -0.4 is 5.32 Å². The van der Waals surface area contributed by atoms with Crippen molar-refractivity contribution in [2.45, 2.75) is 32.1 Å². The number of hydrogen-bond donors (Lipinski definition) is 1. The summed E-state index contributed by atoms with van der Waals surface area (Å²) >= 11 is 3.47. The van der Waals surface area contributed by atoms with E-state index in [1.807, 2.05) is 12.1 Å². The van der Waals surface area contributed by atoms with Gasteiger partial charge < -0.3 is 9.84 Å². The maximum atomic E-state index is 5.55. The van der Waals surface area contributed by atoms with Crippen LogP contribution in [-0.4, -0.2) is 23.2 Å². The van der Waals surface area contributed by atoms with Crippen molar-refractivity contribution >= 4 is 15.9 Å². The third-order valence-electron chi connectivity index (χ3n) is 4.08. The Morgan fingerprint density at radius 3 is 2.75 bits per heavy atom. The van der Waals surface area contributed by atoms with E-state index < -0.39 is 0 Å². The summed E-state index contributed by atoms with van der Waals surface area (Å²) in [6.07, 6.45) is 2.07. The molecule has 0 unspecified atom stereocenters. The van der Waals surface area contributed by atoms with Gasteiger partial charge in [-0.2, -0.15) is 4.98 Å². The van der Waals surface area contributed by atoms with E-state index in [-0.39, 0.29) is 5.41 Å². The Bertz CT molecular complexity index is 617. The van der Waals surface area contributed by atoms with Gasteiger partial charge in [0.25, 0.3) is 0 Å². The van der Waals surface area contributed by atoms with Crippen LogP contribution in [0, 0.1) is 6.92 Å². The lowest BCUT2D eigenvalue weighted by atomic mass is 9.81. The Kier molecular flexibility index (Phi) is 3.65. The molecule has 4 nitrogen and oxygen atoms in total. The zero-order chi connectivity index (χ0) is 14.2. The Labute approximate surface area is 127 Å². The molecule has 0 aliphatic carbocycles. The zero-order valence-corrected chi connectivity index (χ0v) is 13.3. The lowest BCUT2D eigenvalue weighted by Crippen LogP contribution is -2.37. The third kappa shape index (κ3) is 2.52. The SMILES string of the molecule is Cc1cc(Br)ccc1-c1noc(C2(C)CCNCC2)n1. The smallest absolute Gasteiger partial charge is 0.232 e. The Morgan fingerprint density at radius 2 is 2.05 bits per heavy atom. The number of nitrogens with one attached hydrogen (secondary N) is 1. The van der Waals surface area contributed by atoms with E-state index >= 15 is 0 Å². The number of piperidine rings is 1. The molecular formula is C15H18BrN3O. The molecule has 20 heavy (non-hydrogen) atoms. The maximum Gasteiger partial charge on any atom is 0.232 e. The summed E-state index contributed by atoms with van der Waals surface area (Å²) in [4.78, 5) is 4.65. The Morgan fingerprint density at radius 1 is 1.30 bits per heavy atom. The second-order valence-electron chi connectivity index (χ2n) is 5.69. The predicted molar refractivity (Wildman–Crippen MR) is 81.6 cm³/mol. The van der Waals surface area contributed by atoms with Gasteiger partial charge in [0.15, 0.2) is 0 Å². The maximum absolute atomic E-state index is 5.55. The van der Waals surface area contributed by atoms with Crippen LogP contribution in [0.4, 0.5) is 0 Å². The van der Waals surface area contributed by atoms with Crippen LogP contribution in [-0.2, 0) is 5.41 Å². The van der Waals surface area contributed by atoms with Crippen LogP contribution in [0.25, 0.3) is 11.4 Å². The summed E-state index contributed by atoms with van der Waals surface area (Å²) < 4.78 is 6.61. The number of halogens is 1. The molecule has 2 aromatic rings. The minimum absolute atomic E-state index is 0.000230. The summed E-state index contributed by atoms with van der Waals surface area (Å²) in [7, 11) is 0. The van der Waals surface area contributed by atoms with Crippen molar-refractivity contribution in [2.75, 3.05) is 13.1 Å². The van der Waals surface area contributed by atoms with Crippen molar-refractivity contribution in [3.05, 3.63) is 34.1 Å². The van der Waals surface area contributed by atoms with Gasteiger partial charge in [0.1, 0.15) is 0 Å². The minimum Gasteiger partial charge on any atom is -0.338 e. The average Bonchev–Trinajstić information content (AvgIpc) is 2.90. The summed E-state index contributed by atoms with van der Waals surface area (Å²) in [5, 5.41) is 7.54. The molecule has 5 heteroatoms. The van der Waals surface area contributed by atoms with Gasteiger partial charge in [0.05, 0.1) is 0 Å². The molecule has 0 bridgehead atoms. The number of aromatic nitrogens is 2. The van der Waals surface area contributed by atoms with Gasteiger partial charge >= 0.3 is 0 Å². The molecule has 1 N–H and O–H groups in total. The molecule has 3 rings (SSSR count). The number of aryl methyl sites for hydroxylation is 1. The van der Waals surface area contributed by atoms with Crippen molar-refractivity contribution in [3.63, 3.8) is 0 Å². The van der Waals surface area contributed by atoms with Gasteiger partial charge in [-0.25, -0.2) is 0 Å². The van der Waals surface area contributed by atoms with Crippen LogP contribution in [0.15, 0.2) is 27.2 Å². The van der Waals surface area contributed by atoms with Crippen molar-refractivity contribution in [1.29, 1.82) is 0 Å². The lowest BCUT2D eigenvalue weighted by Gasteiger charge is -2.30. The largest absolute Gasteiger partial charge is 0.338 e. The van der Waals surface area contributed by atoms with Gasteiger partial charge in [-0.05, 0) is 56.6 Å². The first kappa shape index (κ1) is 13.8. The van der Waals surface area contributed by atoms with E-state index in [0.29, 0.717) is 5.82 Å². The van der Waals surface area contributed by atoms with Crippen molar-refractivity contribution in [3.8, 4) is 11.4 Å². The lowest BCUT2D eigenvalue weighted by molar-refractivity contribution is 0.241.